The molecule has 6 nitrogen and oxygen atoms in total. The Kier molecular flexibility index (Phi) is 8.95. The van der Waals surface area contributed by atoms with Gasteiger partial charge in [0.05, 0.1) is 6.61 Å². The summed E-state index contributed by atoms with van der Waals surface area (Å²) in [5.41, 5.74) is 0. The molecule has 0 aromatic rings. The average Bonchev–Trinajstić information content (AvgIpc) is 1.96. The van der Waals surface area contributed by atoms with Crippen LogP contribution in [0, 0.1) is 0 Å². The maximum Gasteiger partial charge on any atom is 1.00 e. The maximum absolute atomic E-state index is 10.3. The van der Waals surface area contributed by atoms with Crippen LogP contribution in [0.2, 0.25) is 0 Å². The van der Waals surface area contributed by atoms with Crippen LogP contribution < -0.4 is 29.6 Å². The molecule has 0 saturated carbocycles. The van der Waals surface area contributed by atoms with Gasteiger partial charge in [-0.2, -0.15) is 0 Å². The first kappa shape index (κ1) is 15.5. The molecule has 0 aliphatic heterocycles. The first-order valence-corrected chi connectivity index (χ1v) is 4.18. The number of ether oxygens (including phenoxy) is 1. The first-order valence-electron chi connectivity index (χ1n) is 2.85. The Hall–Kier alpha value is 0.0800. The molecular weight excluding hydrogens is 211 g/mol. The summed E-state index contributed by atoms with van der Waals surface area (Å²) in [6.45, 7) is 2.31. The average molecular weight is 218 g/mol. The van der Waals surface area contributed by atoms with Gasteiger partial charge in [0, 0.05) is 6.08 Å². The minimum absolute atomic E-state index is 0. The van der Waals surface area contributed by atoms with E-state index < -0.39 is 23.0 Å². The predicted molar refractivity (Wildman–Crippen MR) is 36.8 cm³/mol. The van der Waals surface area contributed by atoms with E-state index in [1.807, 2.05) is 0 Å². The number of esters is 1. The molecule has 0 heterocycles. The molecule has 0 rings (SSSR count). The van der Waals surface area contributed by atoms with Gasteiger partial charge in [0.1, 0.15) is 6.61 Å². The topological polar surface area (TPSA) is 92.7 Å². The van der Waals surface area contributed by atoms with Gasteiger partial charge in [0.15, 0.2) is 0 Å². The molecule has 0 aliphatic carbocycles. The van der Waals surface area contributed by atoms with E-state index in [1.165, 1.54) is 0 Å². The molecule has 0 amide bonds. The van der Waals surface area contributed by atoms with E-state index in [0.717, 1.165) is 6.08 Å². The smallest absolute Gasteiger partial charge is 0.726 e. The minimum Gasteiger partial charge on any atom is -0.726 e. The van der Waals surface area contributed by atoms with Gasteiger partial charge in [0.25, 0.3) is 0 Å². The van der Waals surface area contributed by atoms with Gasteiger partial charge < -0.3 is 9.29 Å². The maximum atomic E-state index is 10.3. The molecule has 0 aliphatic rings. The summed E-state index contributed by atoms with van der Waals surface area (Å²) in [5, 5.41) is 0. The van der Waals surface area contributed by atoms with Gasteiger partial charge >= 0.3 is 35.5 Å². The quantitative estimate of drug-likeness (QED) is 0.117. The zero-order valence-electron chi connectivity index (χ0n) is 7.06. The Morgan fingerprint density at radius 3 is 2.38 bits per heavy atom. The number of carbonyl (C=O) groups is 1. The summed E-state index contributed by atoms with van der Waals surface area (Å²) in [7, 11) is -4.70. The normalized spacial score (nSPS) is 9.92. The molecule has 8 heteroatoms. The largest absolute Gasteiger partial charge is 1.00 e. The fraction of sp³-hybridized carbons (Fsp3) is 0.400. The van der Waals surface area contributed by atoms with Crippen molar-refractivity contribution in [2.24, 2.45) is 0 Å². The van der Waals surface area contributed by atoms with Crippen molar-refractivity contribution in [1.82, 2.24) is 0 Å². The summed E-state index contributed by atoms with van der Waals surface area (Å²) in [6.07, 6.45) is 0.908. The third-order valence-electron chi connectivity index (χ3n) is 0.722. The van der Waals surface area contributed by atoms with Crippen molar-refractivity contribution in [3.8, 4) is 0 Å². The Bertz CT molecular complexity index is 258. The number of hydrogen-bond acceptors (Lipinski definition) is 6. The number of hydrogen-bond donors (Lipinski definition) is 0. The van der Waals surface area contributed by atoms with Crippen LogP contribution in [0.1, 0.15) is 0 Å². The van der Waals surface area contributed by atoms with Crippen molar-refractivity contribution in [3.63, 3.8) is 0 Å². The van der Waals surface area contributed by atoms with Crippen LogP contribution >= 0.6 is 0 Å². The van der Waals surface area contributed by atoms with Crippen molar-refractivity contribution >= 4 is 16.4 Å². The molecule has 0 unspecified atom stereocenters. The van der Waals surface area contributed by atoms with Crippen LogP contribution in [0.25, 0.3) is 0 Å². The molecule has 13 heavy (non-hydrogen) atoms. The number of carbonyl (C=O) groups excluding carboxylic acids is 1. The Balaban J connectivity index is 0. The van der Waals surface area contributed by atoms with Gasteiger partial charge in [-0.15, -0.1) is 0 Å². The molecule has 70 valence electrons. The summed E-state index contributed by atoms with van der Waals surface area (Å²) < 4.78 is 37.5. The third kappa shape index (κ3) is 12.1. The molecule has 0 atom stereocenters. The molecular formula is C5H7NaO6S. The molecule has 0 radical (unpaired) electrons. The van der Waals surface area contributed by atoms with E-state index in [-0.39, 0.29) is 36.2 Å². The van der Waals surface area contributed by atoms with Gasteiger partial charge in [-0.05, 0) is 0 Å². The standard InChI is InChI=1S/C5H8O6S.Na/c1-2-5(6)10-3-4-11-12(7,8)9;/h2H,1,3-4H2,(H,7,8,9);/q;+1/p-1. The molecule has 0 fully saturated rings. The Morgan fingerprint density at radius 1 is 1.46 bits per heavy atom. The van der Waals surface area contributed by atoms with Crippen LogP contribution in [0.4, 0.5) is 0 Å². The summed E-state index contributed by atoms with van der Waals surface area (Å²) in [4.78, 5) is 10.3. The van der Waals surface area contributed by atoms with Crippen LogP contribution in [0.15, 0.2) is 12.7 Å². The van der Waals surface area contributed by atoms with Crippen molar-refractivity contribution < 1.29 is 56.2 Å². The Morgan fingerprint density at radius 2 is 2.00 bits per heavy atom. The van der Waals surface area contributed by atoms with E-state index in [4.69, 9.17) is 0 Å². The molecule has 0 N–H and O–H groups in total. The second-order valence-electron chi connectivity index (χ2n) is 1.60. The van der Waals surface area contributed by atoms with E-state index in [2.05, 4.69) is 15.5 Å². The minimum atomic E-state index is -4.70. The van der Waals surface area contributed by atoms with Crippen molar-refractivity contribution in [1.29, 1.82) is 0 Å². The van der Waals surface area contributed by atoms with Crippen LogP contribution in [-0.2, 0) is 24.1 Å². The monoisotopic (exact) mass is 218 g/mol. The van der Waals surface area contributed by atoms with Gasteiger partial charge in [-0.1, -0.05) is 6.58 Å². The zero-order chi connectivity index (χ0) is 9.61. The second-order valence-corrected chi connectivity index (χ2v) is 2.65. The van der Waals surface area contributed by atoms with Gasteiger partial charge in [0.2, 0.25) is 10.4 Å². The fourth-order valence-corrected chi connectivity index (χ4v) is 0.609. The van der Waals surface area contributed by atoms with E-state index in [1.54, 1.807) is 0 Å². The molecule has 0 aromatic heterocycles. The summed E-state index contributed by atoms with van der Waals surface area (Å²) in [6, 6.07) is 0. The molecule has 0 spiro atoms. The third-order valence-corrected chi connectivity index (χ3v) is 1.18. The van der Waals surface area contributed by atoms with Crippen molar-refractivity contribution in [2.75, 3.05) is 13.2 Å². The fourth-order valence-electron chi connectivity index (χ4n) is 0.337. The number of rotatable bonds is 5. The summed E-state index contributed by atoms with van der Waals surface area (Å²) in [5.74, 6) is -0.707. The molecule has 0 aromatic carbocycles. The van der Waals surface area contributed by atoms with Gasteiger partial charge in [-0.3, -0.25) is 4.18 Å². The molecule has 0 bridgehead atoms. The van der Waals surface area contributed by atoms with E-state index >= 15 is 0 Å². The predicted octanol–water partition coefficient (Wildman–Crippen LogP) is -3.80. The Labute approximate surface area is 98.1 Å². The van der Waals surface area contributed by atoms with Gasteiger partial charge in [-0.25, -0.2) is 13.2 Å². The van der Waals surface area contributed by atoms with Crippen LogP contribution in [0.5, 0.6) is 0 Å². The SMILES string of the molecule is C=CC(=O)OCCOS(=O)(=O)[O-].[Na+]. The van der Waals surface area contributed by atoms with Crippen LogP contribution in [-0.4, -0.2) is 32.2 Å². The zero-order valence-corrected chi connectivity index (χ0v) is 9.87. The first-order chi connectivity index (χ1) is 5.45. The van der Waals surface area contributed by atoms with E-state index in [9.17, 15) is 17.8 Å². The van der Waals surface area contributed by atoms with E-state index in [0.29, 0.717) is 0 Å². The molecule has 0 saturated heterocycles. The van der Waals surface area contributed by atoms with Crippen molar-refractivity contribution in [3.05, 3.63) is 12.7 Å². The second kappa shape index (κ2) is 7.48. The summed E-state index contributed by atoms with van der Waals surface area (Å²) >= 11 is 0. The van der Waals surface area contributed by atoms with Crippen molar-refractivity contribution in [2.45, 2.75) is 0 Å². The van der Waals surface area contributed by atoms with Crippen LogP contribution in [0.3, 0.4) is 0 Å².